The number of nitrogens with zero attached hydrogens (tertiary/aromatic N) is 1. The van der Waals surface area contributed by atoms with Crippen LogP contribution in [0.4, 0.5) is 0 Å². The quantitative estimate of drug-likeness (QED) is 0.877. The second kappa shape index (κ2) is 3.06. The Kier molecular flexibility index (Phi) is 1.91. The van der Waals surface area contributed by atoms with Crippen molar-refractivity contribution in [3.05, 3.63) is 28.4 Å². The summed E-state index contributed by atoms with van der Waals surface area (Å²) < 4.78 is 0.905. The van der Waals surface area contributed by atoms with Crippen LogP contribution in [0.15, 0.2) is 22.8 Å². The van der Waals surface area contributed by atoms with E-state index in [0.717, 1.165) is 34.8 Å². The third kappa shape index (κ3) is 1.68. The maximum Gasteiger partial charge on any atom is 0.108 e. The Morgan fingerprint density at radius 3 is 3.00 bits per heavy atom. The third-order valence-corrected chi connectivity index (χ3v) is 3.54. The van der Waals surface area contributed by atoms with E-state index in [-0.39, 0.29) is 0 Å². The van der Waals surface area contributed by atoms with Crippen molar-refractivity contribution in [3.8, 4) is 0 Å². The lowest BCUT2D eigenvalue weighted by Crippen LogP contribution is -2.10. The van der Waals surface area contributed by atoms with E-state index in [4.69, 9.17) is 0 Å². The van der Waals surface area contributed by atoms with Crippen LogP contribution in [-0.2, 0) is 6.42 Å². The van der Waals surface area contributed by atoms with E-state index in [1.54, 1.807) is 0 Å². The minimum absolute atomic E-state index is 0.427. The summed E-state index contributed by atoms with van der Waals surface area (Å²) in [4.78, 5) is 0. The Morgan fingerprint density at radius 2 is 2.27 bits per heavy atom. The van der Waals surface area contributed by atoms with E-state index in [1.165, 1.54) is 5.56 Å². The van der Waals surface area contributed by atoms with E-state index in [1.807, 2.05) is 12.1 Å². The number of fused-ring (bicyclic) bond motifs is 1. The molecule has 1 aromatic heterocycles. The summed E-state index contributed by atoms with van der Waals surface area (Å²) in [6, 6.07) is 6.10. The lowest BCUT2D eigenvalue weighted by Gasteiger charge is -2.06. The number of aliphatic hydroxyl groups is 1. The number of nitrogens with one attached hydrogen (secondary N) is 1. The molecule has 3 rings (SSSR count). The van der Waals surface area contributed by atoms with Gasteiger partial charge in [-0.2, -0.15) is 5.10 Å². The largest absolute Gasteiger partial charge is 0.390 e. The Balaban J connectivity index is 2.01. The number of H-pyrrole nitrogens is 1. The topological polar surface area (TPSA) is 48.9 Å². The van der Waals surface area contributed by atoms with Crippen molar-refractivity contribution >= 4 is 26.8 Å². The molecule has 1 fully saturated rings. The fraction of sp³-hybridized carbons (Fsp3) is 0.364. The van der Waals surface area contributed by atoms with Crippen molar-refractivity contribution in [2.24, 2.45) is 0 Å². The van der Waals surface area contributed by atoms with Crippen LogP contribution in [0.25, 0.3) is 10.9 Å². The molecule has 2 N–H and O–H groups in total. The highest BCUT2D eigenvalue weighted by Gasteiger charge is 2.40. The van der Waals surface area contributed by atoms with Crippen LogP contribution in [0.5, 0.6) is 0 Å². The zero-order valence-electron chi connectivity index (χ0n) is 8.13. The molecule has 15 heavy (non-hydrogen) atoms. The summed E-state index contributed by atoms with van der Waals surface area (Å²) >= 11 is 3.42. The summed E-state index contributed by atoms with van der Waals surface area (Å²) in [5.74, 6) is 0. The Hall–Kier alpha value is -0.870. The molecule has 1 heterocycles. The van der Waals surface area contributed by atoms with Crippen LogP contribution in [0.1, 0.15) is 18.4 Å². The first-order chi connectivity index (χ1) is 7.16. The van der Waals surface area contributed by atoms with E-state index < -0.39 is 5.60 Å². The predicted octanol–water partition coefficient (Wildman–Crippen LogP) is 2.39. The molecule has 0 unspecified atom stereocenters. The van der Waals surface area contributed by atoms with Gasteiger partial charge in [0.2, 0.25) is 0 Å². The van der Waals surface area contributed by atoms with E-state index in [2.05, 4.69) is 32.2 Å². The van der Waals surface area contributed by atoms with Gasteiger partial charge in [-0.25, -0.2) is 0 Å². The number of hydrogen-bond donors (Lipinski definition) is 2. The summed E-state index contributed by atoms with van der Waals surface area (Å²) in [6.45, 7) is 0. The second-order valence-corrected chi connectivity index (χ2v) is 5.08. The number of halogens is 1. The molecule has 78 valence electrons. The van der Waals surface area contributed by atoms with Crippen molar-refractivity contribution < 1.29 is 5.11 Å². The summed E-state index contributed by atoms with van der Waals surface area (Å²) in [5, 5.41) is 17.9. The minimum Gasteiger partial charge on any atom is -0.390 e. The molecule has 1 aliphatic rings. The van der Waals surface area contributed by atoms with Crippen molar-refractivity contribution in [2.75, 3.05) is 0 Å². The lowest BCUT2D eigenvalue weighted by molar-refractivity contribution is 0.151. The van der Waals surface area contributed by atoms with Crippen LogP contribution >= 0.6 is 15.9 Å². The van der Waals surface area contributed by atoms with Gasteiger partial charge in [0.05, 0.1) is 11.1 Å². The van der Waals surface area contributed by atoms with Gasteiger partial charge in [0.1, 0.15) is 4.60 Å². The van der Waals surface area contributed by atoms with Crippen molar-refractivity contribution in [1.82, 2.24) is 10.2 Å². The van der Waals surface area contributed by atoms with Gasteiger partial charge in [0, 0.05) is 11.8 Å². The summed E-state index contributed by atoms with van der Waals surface area (Å²) in [6.07, 6.45) is 2.61. The number of benzene rings is 1. The first-order valence-corrected chi connectivity index (χ1v) is 5.81. The highest BCUT2D eigenvalue weighted by molar-refractivity contribution is 9.10. The van der Waals surface area contributed by atoms with Crippen molar-refractivity contribution in [2.45, 2.75) is 24.9 Å². The first kappa shape index (κ1) is 9.36. The highest BCUT2D eigenvalue weighted by Crippen LogP contribution is 2.38. The van der Waals surface area contributed by atoms with E-state index in [9.17, 15) is 5.11 Å². The summed E-state index contributed by atoms with van der Waals surface area (Å²) in [7, 11) is 0. The molecule has 1 aliphatic carbocycles. The van der Waals surface area contributed by atoms with E-state index in [0.29, 0.717) is 0 Å². The van der Waals surface area contributed by atoms with Gasteiger partial charge in [0.15, 0.2) is 0 Å². The molecule has 0 atom stereocenters. The average Bonchev–Trinajstić information content (AvgIpc) is 2.82. The first-order valence-electron chi connectivity index (χ1n) is 5.01. The molecule has 4 heteroatoms. The van der Waals surface area contributed by atoms with Gasteiger partial charge < -0.3 is 5.11 Å². The zero-order valence-corrected chi connectivity index (χ0v) is 9.71. The SMILES string of the molecule is OC1(Cc2ccc3n[nH]c(Br)c3c2)CC1. The number of rotatable bonds is 2. The van der Waals surface area contributed by atoms with Gasteiger partial charge in [-0.15, -0.1) is 0 Å². The molecular weight excluding hydrogens is 256 g/mol. The Labute approximate surface area is 95.6 Å². The molecule has 1 aromatic carbocycles. The van der Waals surface area contributed by atoms with Crippen LogP contribution < -0.4 is 0 Å². The number of aromatic amines is 1. The van der Waals surface area contributed by atoms with Crippen LogP contribution in [0, 0.1) is 0 Å². The third-order valence-electron chi connectivity index (χ3n) is 2.93. The molecule has 0 amide bonds. The van der Waals surface area contributed by atoms with Gasteiger partial charge in [-0.3, -0.25) is 5.10 Å². The molecule has 3 nitrogen and oxygen atoms in total. The predicted molar refractivity (Wildman–Crippen MR) is 61.7 cm³/mol. The Morgan fingerprint density at radius 1 is 1.47 bits per heavy atom. The minimum atomic E-state index is -0.427. The van der Waals surface area contributed by atoms with Gasteiger partial charge >= 0.3 is 0 Å². The van der Waals surface area contributed by atoms with Crippen LogP contribution in [0.2, 0.25) is 0 Å². The average molecular weight is 267 g/mol. The lowest BCUT2D eigenvalue weighted by atomic mass is 10.1. The monoisotopic (exact) mass is 266 g/mol. The smallest absolute Gasteiger partial charge is 0.108 e. The Bertz CT molecular complexity index is 516. The molecule has 0 bridgehead atoms. The molecule has 0 radical (unpaired) electrons. The number of hydrogen-bond acceptors (Lipinski definition) is 2. The van der Waals surface area contributed by atoms with Crippen molar-refractivity contribution in [1.29, 1.82) is 0 Å². The fourth-order valence-corrected chi connectivity index (χ4v) is 2.24. The number of aromatic nitrogens is 2. The second-order valence-electron chi connectivity index (χ2n) is 4.29. The molecular formula is C11H11BrN2O. The normalized spacial score (nSPS) is 18.3. The maximum atomic E-state index is 9.84. The maximum absolute atomic E-state index is 9.84. The highest BCUT2D eigenvalue weighted by atomic mass is 79.9. The molecule has 0 spiro atoms. The fourth-order valence-electron chi connectivity index (χ4n) is 1.84. The summed E-state index contributed by atoms with van der Waals surface area (Å²) in [5.41, 5.74) is 1.70. The molecule has 2 aromatic rings. The van der Waals surface area contributed by atoms with E-state index >= 15 is 0 Å². The molecule has 1 saturated carbocycles. The van der Waals surface area contributed by atoms with Gasteiger partial charge in [-0.05, 0) is 46.5 Å². The molecule has 0 saturated heterocycles. The molecule has 0 aliphatic heterocycles. The van der Waals surface area contributed by atoms with Crippen LogP contribution in [-0.4, -0.2) is 20.9 Å². The van der Waals surface area contributed by atoms with Crippen LogP contribution in [0.3, 0.4) is 0 Å². The standard InChI is InChI=1S/C11H11BrN2O/c12-10-8-5-7(6-11(15)3-4-11)1-2-9(8)13-14-10/h1-2,5,15H,3-4,6H2,(H,13,14). The van der Waals surface area contributed by atoms with Gasteiger partial charge in [-0.1, -0.05) is 6.07 Å². The van der Waals surface area contributed by atoms with Crippen molar-refractivity contribution in [3.63, 3.8) is 0 Å². The van der Waals surface area contributed by atoms with Gasteiger partial charge in [0.25, 0.3) is 0 Å². The zero-order chi connectivity index (χ0) is 10.5.